The minimum Gasteiger partial charge on any atom is -0.478 e. The van der Waals surface area contributed by atoms with Crippen LogP contribution in [-0.4, -0.2) is 27.0 Å². The van der Waals surface area contributed by atoms with Gasteiger partial charge in [-0.05, 0) is 34.1 Å². The number of carbonyl (C=O) groups excluding carboxylic acids is 1. The van der Waals surface area contributed by atoms with E-state index in [0.717, 1.165) is 0 Å². The Morgan fingerprint density at radius 1 is 1.32 bits per heavy atom. The zero-order chi connectivity index (χ0) is 14.0. The molecule has 1 aromatic heterocycles. The maximum absolute atomic E-state index is 11.7. The van der Waals surface area contributed by atoms with Crippen molar-refractivity contribution in [1.82, 2.24) is 9.97 Å². The summed E-state index contributed by atoms with van der Waals surface area (Å²) in [7, 11) is 0. The largest absolute Gasteiger partial charge is 0.478 e. The second-order valence-electron chi connectivity index (χ2n) is 3.61. The number of hydrogen-bond donors (Lipinski definition) is 4. The van der Waals surface area contributed by atoms with E-state index >= 15 is 0 Å². The monoisotopic (exact) mass is 325 g/mol. The molecule has 4 N–H and O–H groups in total. The van der Waals surface area contributed by atoms with Gasteiger partial charge in [-0.3, -0.25) is 4.79 Å². The molecule has 2 aromatic rings. The van der Waals surface area contributed by atoms with Gasteiger partial charge in [0.1, 0.15) is 5.69 Å². The predicted octanol–water partition coefficient (Wildman–Crippen LogP) is 1.42. The van der Waals surface area contributed by atoms with Crippen LogP contribution in [0, 0.1) is 0 Å². The minimum absolute atomic E-state index is 0.0281. The molecule has 2 rings (SSSR count). The number of aromatic amines is 2. The molecule has 0 saturated heterocycles. The van der Waals surface area contributed by atoms with Crippen molar-refractivity contribution in [3.05, 3.63) is 50.6 Å². The Hall–Kier alpha value is -2.35. The standard InChI is InChI=1S/C11H8BrN3O4/c12-7-2-1-5(3-6(7)10(17)18)14-9(16)8-4-13-11(19)15-8/h1-4H,(H,14,16)(H,17,18)(H2,13,15,19). The van der Waals surface area contributed by atoms with E-state index in [1.807, 2.05) is 0 Å². The third-order valence-electron chi connectivity index (χ3n) is 2.30. The highest BCUT2D eigenvalue weighted by Crippen LogP contribution is 2.21. The number of carbonyl (C=O) groups is 2. The van der Waals surface area contributed by atoms with E-state index in [4.69, 9.17) is 5.11 Å². The number of imidazole rings is 1. The highest BCUT2D eigenvalue weighted by molar-refractivity contribution is 9.10. The second kappa shape index (κ2) is 5.11. The molecule has 1 amide bonds. The molecule has 0 fully saturated rings. The minimum atomic E-state index is -1.11. The van der Waals surface area contributed by atoms with Gasteiger partial charge in [-0.2, -0.15) is 0 Å². The van der Waals surface area contributed by atoms with Gasteiger partial charge in [0.05, 0.1) is 5.56 Å². The van der Waals surface area contributed by atoms with Crippen LogP contribution in [0.1, 0.15) is 20.8 Å². The lowest BCUT2D eigenvalue weighted by molar-refractivity contribution is 0.0695. The fraction of sp³-hybridized carbons (Fsp3) is 0. The average Bonchev–Trinajstić information content (AvgIpc) is 2.78. The lowest BCUT2D eigenvalue weighted by Gasteiger charge is -2.06. The van der Waals surface area contributed by atoms with Crippen LogP contribution in [-0.2, 0) is 0 Å². The van der Waals surface area contributed by atoms with Crippen LogP contribution in [0.25, 0.3) is 0 Å². The number of benzene rings is 1. The Labute approximate surface area is 114 Å². The number of nitrogens with one attached hydrogen (secondary N) is 3. The van der Waals surface area contributed by atoms with Crippen LogP contribution >= 0.6 is 15.9 Å². The first-order chi connectivity index (χ1) is 8.97. The van der Waals surface area contributed by atoms with E-state index in [-0.39, 0.29) is 11.3 Å². The quantitative estimate of drug-likeness (QED) is 0.683. The second-order valence-corrected chi connectivity index (χ2v) is 4.46. The van der Waals surface area contributed by atoms with Crippen molar-refractivity contribution in [1.29, 1.82) is 0 Å². The van der Waals surface area contributed by atoms with Crippen molar-refractivity contribution in [2.75, 3.05) is 5.32 Å². The molecule has 0 aliphatic heterocycles. The zero-order valence-corrected chi connectivity index (χ0v) is 10.9. The molecule has 1 heterocycles. The van der Waals surface area contributed by atoms with Crippen molar-refractivity contribution < 1.29 is 14.7 Å². The normalized spacial score (nSPS) is 10.2. The van der Waals surface area contributed by atoms with Gasteiger partial charge >= 0.3 is 11.7 Å². The maximum Gasteiger partial charge on any atom is 0.336 e. The number of amides is 1. The number of aromatic carboxylic acids is 1. The van der Waals surface area contributed by atoms with Crippen molar-refractivity contribution in [2.24, 2.45) is 0 Å². The van der Waals surface area contributed by atoms with Gasteiger partial charge in [0.2, 0.25) is 0 Å². The van der Waals surface area contributed by atoms with E-state index in [9.17, 15) is 14.4 Å². The molecule has 0 saturated carbocycles. The van der Waals surface area contributed by atoms with Crippen LogP contribution in [0.4, 0.5) is 5.69 Å². The predicted molar refractivity (Wildman–Crippen MR) is 70.5 cm³/mol. The Morgan fingerprint density at radius 3 is 2.63 bits per heavy atom. The van der Waals surface area contributed by atoms with Crippen LogP contribution in [0.2, 0.25) is 0 Å². The average molecular weight is 326 g/mol. The summed E-state index contributed by atoms with van der Waals surface area (Å²) in [5, 5.41) is 11.4. The number of carboxylic acid groups (broad SMARTS) is 1. The van der Waals surface area contributed by atoms with Gasteiger partial charge < -0.3 is 20.4 Å². The molecule has 19 heavy (non-hydrogen) atoms. The van der Waals surface area contributed by atoms with Gasteiger partial charge in [-0.1, -0.05) is 0 Å². The van der Waals surface area contributed by atoms with Crippen LogP contribution in [0.3, 0.4) is 0 Å². The lowest BCUT2D eigenvalue weighted by atomic mass is 10.2. The molecule has 0 unspecified atom stereocenters. The Bertz CT molecular complexity index is 704. The molecule has 98 valence electrons. The summed E-state index contributed by atoms with van der Waals surface area (Å²) in [5.74, 6) is -1.66. The Morgan fingerprint density at radius 2 is 2.05 bits per heavy atom. The SMILES string of the molecule is O=C(Nc1ccc(Br)c(C(=O)O)c1)c1c[nH]c(=O)[nH]1. The summed E-state index contributed by atoms with van der Waals surface area (Å²) >= 11 is 3.10. The third kappa shape index (κ3) is 2.91. The molecular weight excluding hydrogens is 318 g/mol. The molecule has 1 aromatic carbocycles. The topological polar surface area (TPSA) is 115 Å². The zero-order valence-electron chi connectivity index (χ0n) is 9.36. The van der Waals surface area contributed by atoms with E-state index in [0.29, 0.717) is 10.2 Å². The first-order valence-electron chi connectivity index (χ1n) is 5.09. The molecule has 0 atom stereocenters. The summed E-state index contributed by atoms with van der Waals surface area (Å²) in [4.78, 5) is 38.1. The summed E-state index contributed by atoms with van der Waals surface area (Å²) in [6.45, 7) is 0. The summed E-state index contributed by atoms with van der Waals surface area (Å²) in [6, 6.07) is 4.37. The fourth-order valence-electron chi connectivity index (χ4n) is 1.42. The number of anilines is 1. The first kappa shape index (κ1) is 13.1. The maximum atomic E-state index is 11.7. The highest BCUT2D eigenvalue weighted by atomic mass is 79.9. The molecule has 0 aliphatic rings. The molecule has 0 radical (unpaired) electrons. The van der Waals surface area contributed by atoms with Crippen molar-refractivity contribution in [3.63, 3.8) is 0 Å². The number of carboxylic acids is 1. The van der Waals surface area contributed by atoms with E-state index < -0.39 is 17.6 Å². The highest BCUT2D eigenvalue weighted by Gasteiger charge is 2.12. The Kier molecular flexibility index (Phi) is 3.52. The number of aromatic nitrogens is 2. The first-order valence-corrected chi connectivity index (χ1v) is 5.88. The van der Waals surface area contributed by atoms with Gasteiger partial charge in [-0.15, -0.1) is 0 Å². The smallest absolute Gasteiger partial charge is 0.336 e. The summed E-state index contributed by atoms with van der Waals surface area (Å²) in [6.07, 6.45) is 1.23. The van der Waals surface area contributed by atoms with Crippen molar-refractivity contribution in [2.45, 2.75) is 0 Å². The molecule has 8 heteroatoms. The molecular formula is C11H8BrN3O4. The number of halogens is 1. The molecule has 0 spiro atoms. The lowest BCUT2D eigenvalue weighted by Crippen LogP contribution is -2.14. The van der Waals surface area contributed by atoms with Crippen molar-refractivity contribution in [3.8, 4) is 0 Å². The summed E-state index contributed by atoms with van der Waals surface area (Å²) < 4.78 is 0.410. The molecule has 0 aliphatic carbocycles. The van der Waals surface area contributed by atoms with E-state index in [1.165, 1.54) is 18.3 Å². The van der Waals surface area contributed by atoms with E-state index in [1.54, 1.807) is 6.07 Å². The van der Waals surface area contributed by atoms with Crippen LogP contribution in [0.5, 0.6) is 0 Å². The molecule has 0 bridgehead atoms. The third-order valence-corrected chi connectivity index (χ3v) is 2.99. The fourth-order valence-corrected chi connectivity index (χ4v) is 1.84. The van der Waals surface area contributed by atoms with Crippen molar-refractivity contribution >= 4 is 33.5 Å². The van der Waals surface area contributed by atoms with Crippen LogP contribution in [0.15, 0.2) is 33.7 Å². The van der Waals surface area contributed by atoms with Gasteiger partial charge in [0.25, 0.3) is 5.91 Å². The Balaban J connectivity index is 2.24. The number of rotatable bonds is 3. The van der Waals surface area contributed by atoms with Gasteiger partial charge in [0, 0.05) is 16.4 Å². The van der Waals surface area contributed by atoms with Gasteiger partial charge in [-0.25, -0.2) is 9.59 Å². The van der Waals surface area contributed by atoms with Crippen LogP contribution < -0.4 is 11.0 Å². The number of hydrogen-bond acceptors (Lipinski definition) is 3. The van der Waals surface area contributed by atoms with Gasteiger partial charge in [0.15, 0.2) is 0 Å². The van der Waals surface area contributed by atoms with E-state index in [2.05, 4.69) is 31.2 Å². The summed E-state index contributed by atoms with van der Waals surface area (Å²) in [5.41, 5.74) is -0.0926. The number of H-pyrrole nitrogens is 2. The molecule has 7 nitrogen and oxygen atoms in total.